The van der Waals surface area contributed by atoms with Gasteiger partial charge in [0.2, 0.25) is 5.91 Å². The fourth-order valence-electron chi connectivity index (χ4n) is 1.63. The molecule has 0 saturated heterocycles. The number of aryl methyl sites for hydroxylation is 1. The number of alkyl halides is 1. The molecule has 0 aliphatic heterocycles. The number of hydrazine groups is 1. The number of nitrogens with two attached hydrogens (primary N) is 1. The van der Waals surface area contributed by atoms with E-state index in [2.05, 4.69) is 5.43 Å². The molecule has 0 saturated carbocycles. The van der Waals surface area contributed by atoms with Gasteiger partial charge in [-0.3, -0.25) is 10.2 Å². The molecule has 0 fully saturated rings. The van der Waals surface area contributed by atoms with E-state index >= 15 is 0 Å². The molecule has 0 aromatic heterocycles. The minimum atomic E-state index is -0.204. The normalized spacial score (nSPS) is 12.2. The highest BCUT2D eigenvalue weighted by Gasteiger charge is 2.18. The molecule has 0 spiro atoms. The van der Waals surface area contributed by atoms with Gasteiger partial charge >= 0.3 is 0 Å². The van der Waals surface area contributed by atoms with E-state index in [1.165, 1.54) is 5.56 Å². The van der Waals surface area contributed by atoms with Gasteiger partial charge in [0, 0.05) is 5.88 Å². The first-order valence-electron chi connectivity index (χ1n) is 5.32. The van der Waals surface area contributed by atoms with Gasteiger partial charge in [-0.25, -0.2) is 5.84 Å². The SMILES string of the molecule is Cc1ccc(C(CCCCl)C(=O)NN)cc1. The number of carbonyl (C=O) groups is 1. The Kier molecular flexibility index (Phi) is 5.29. The predicted molar refractivity (Wildman–Crippen MR) is 66.2 cm³/mol. The average molecular weight is 241 g/mol. The van der Waals surface area contributed by atoms with Gasteiger partial charge in [-0.1, -0.05) is 29.8 Å². The largest absolute Gasteiger partial charge is 0.294 e. The van der Waals surface area contributed by atoms with Crippen molar-refractivity contribution in [3.05, 3.63) is 35.4 Å². The van der Waals surface area contributed by atoms with E-state index < -0.39 is 0 Å². The van der Waals surface area contributed by atoms with Crippen LogP contribution < -0.4 is 11.3 Å². The third-order valence-electron chi connectivity index (χ3n) is 2.56. The van der Waals surface area contributed by atoms with Crippen LogP contribution in [0.3, 0.4) is 0 Å². The first-order chi connectivity index (χ1) is 7.69. The molecular formula is C12H17ClN2O. The highest BCUT2D eigenvalue weighted by Crippen LogP contribution is 2.22. The molecule has 1 amide bonds. The van der Waals surface area contributed by atoms with E-state index in [0.29, 0.717) is 5.88 Å². The fourth-order valence-corrected chi connectivity index (χ4v) is 1.78. The maximum absolute atomic E-state index is 11.6. The zero-order valence-corrected chi connectivity index (χ0v) is 10.1. The Hall–Kier alpha value is -1.06. The second-order valence-corrected chi connectivity index (χ2v) is 4.18. The molecule has 88 valence electrons. The second-order valence-electron chi connectivity index (χ2n) is 3.80. The van der Waals surface area contributed by atoms with Gasteiger partial charge in [-0.05, 0) is 25.3 Å². The number of benzene rings is 1. The Morgan fingerprint density at radius 1 is 1.44 bits per heavy atom. The lowest BCUT2D eigenvalue weighted by atomic mass is 9.93. The summed E-state index contributed by atoms with van der Waals surface area (Å²) in [6, 6.07) is 7.91. The first kappa shape index (κ1) is 13.0. The van der Waals surface area contributed by atoms with E-state index in [0.717, 1.165) is 18.4 Å². The molecule has 0 heterocycles. The van der Waals surface area contributed by atoms with Crippen molar-refractivity contribution < 1.29 is 4.79 Å². The molecule has 1 aromatic rings. The minimum Gasteiger partial charge on any atom is -0.294 e. The molecule has 16 heavy (non-hydrogen) atoms. The highest BCUT2D eigenvalue weighted by molar-refractivity contribution is 6.17. The molecule has 3 nitrogen and oxygen atoms in total. The molecular weight excluding hydrogens is 224 g/mol. The van der Waals surface area contributed by atoms with Gasteiger partial charge in [-0.15, -0.1) is 11.6 Å². The van der Waals surface area contributed by atoms with Crippen LogP contribution in [0, 0.1) is 6.92 Å². The van der Waals surface area contributed by atoms with Crippen LogP contribution in [-0.4, -0.2) is 11.8 Å². The Bertz CT molecular complexity index is 337. The summed E-state index contributed by atoms with van der Waals surface area (Å²) in [5.74, 6) is 5.37. The zero-order chi connectivity index (χ0) is 12.0. The molecule has 0 aliphatic rings. The fraction of sp³-hybridized carbons (Fsp3) is 0.417. The summed E-state index contributed by atoms with van der Waals surface area (Å²) >= 11 is 5.64. The molecule has 0 radical (unpaired) electrons. The summed E-state index contributed by atoms with van der Waals surface area (Å²) in [7, 11) is 0. The van der Waals surface area contributed by atoms with Crippen LogP contribution in [0.2, 0.25) is 0 Å². The standard InChI is InChI=1S/C12H17ClN2O/c1-9-4-6-10(7-5-9)11(3-2-8-13)12(16)15-14/h4-7,11H,2-3,8,14H2,1H3,(H,15,16). The van der Waals surface area contributed by atoms with Crippen molar-refractivity contribution in [2.75, 3.05) is 5.88 Å². The van der Waals surface area contributed by atoms with Crippen molar-refractivity contribution in [2.45, 2.75) is 25.7 Å². The number of halogens is 1. The van der Waals surface area contributed by atoms with Crippen LogP contribution in [0.15, 0.2) is 24.3 Å². The summed E-state index contributed by atoms with van der Waals surface area (Å²) in [5.41, 5.74) is 4.36. The Labute approximate surface area is 101 Å². The summed E-state index contributed by atoms with van der Waals surface area (Å²) in [6.07, 6.45) is 1.52. The molecule has 0 bridgehead atoms. The van der Waals surface area contributed by atoms with E-state index in [1.807, 2.05) is 31.2 Å². The van der Waals surface area contributed by atoms with Crippen molar-refractivity contribution in [3.8, 4) is 0 Å². The Balaban J connectivity index is 2.82. The van der Waals surface area contributed by atoms with Crippen LogP contribution in [0.1, 0.15) is 29.9 Å². The van der Waals surface area contributed by atoms with Crippen molar-refractivity contribution in [2.24, 2.45) is 5.84 Å². The van der Waals surface area contributed by atoms with Gasteiger partial charge in [0.15, 0.2) is 0 Å². The minimum absolute atomic E-state index is 0.158. The molecule has 0 aliphatic carbocycles. The van der Waals surface area contributed by atoms with Crippen molar-refractivity contribution in [1.82, 2.24) is 5.43 Å². The third kappa shape index (κ3) is 3.51. The van der Waals surface area contributed by atoms with Gasteiger partial charge < -0.3 is 0 Å². The summed E-state index contributed by atoms with van der Waals surface area (Å²) in [5, 5.41) is 0. The van der Waals surface area contributed by atoms with Crippen LogP contribution >= 0.6 is 11.6 Å². The number of rotatable bonds is 5. The summed E-state index contributed by atoms with van der Waals surface area (Å²) in [4.78, 5) is 11.6. The maximum Gasteiger partial charge on any atom is 0.241 e. The summed E-state index contributed by atoms with van der Waals surface area (Å²) in [6.45, 7) is 2.01. The lowest BCUT2D eigenvalue weighted by Gasteiger charge is -2.15. The van der Waals surface area contributed by atoms with Crippen molar-refractivity contribution in [3.63, 3.8) is 0 Å². The second kappa shape index (κ2) is 6.51. The van der Waals surface area contributed by atoms with Crippen LogP contribution in [0.4, 0.5) is 0 Å². The number of carbonyl (C=O) groups excluding carboxylic acids is 1. The Morgan fingerprint density at radius 2 is 2.06 bits per heavy atom. The van der Waals surface area contributed by atoms with Crippen LogP contribution in [0.25, 0.3) is 0 Å². The van der Waals surface area contributed by atoms with Gasteiger partial charge in [0.25, 0.3) is 0 Å². The van der Waals surface area contributed by atoms with Crippen molar-refractivity contribution >= 4 is 17.5 Å². The predicted octanol–water partition coefficient (Wildman–Crippen LogP) is 2.09. The summed E-state index contributed by atoms with van der Waals surface area (Å²) < 4.78 is 0. The first-order valence-corrected chi connectivity index (χ1v) is 5.85. The highest BCUT2D eigenvalue weighted by atomic mass is 35.5. The van der Waals surface area contributed by atoms with Crippen molar-refractivity contribution in [1.29, 1.82) is 0 Å². The van der Waals surface area contributed by atoms with E-state index in [4.69, 9.17) is 17.4 Å². The molecule has 3 N–H and O–H groups in total. The molecule has 1 unspecified atom stereocenters. The smallest absolute Gasteiger partial charge is 0.241 e. The number of amides is 1. The topological polar surface area (TPSA) is 55.1 Å². The molecule has 1 rings (SSSR count). The average Bonchev–Trinajstić information content (AvgIpc) is 2.31. The van der Waals surface area contributed by atoms with E-state index in [-0.39, 0.29) is 11.8 Å². The number of nitrogens with one attached hydrogen (secondary N) is 1. The Morgan fingerprint density at radius 3 is 2.56 bits per heavy atom. The monoisotopic (exact) mass is 240 g/mol. The van der Waals surface area contributed by atoms with Gasteiger partial charge in [0.05, 0.1) is 5.92 Å². The molecule has 4 heteroatoms. The third-order valence-corrected chi connectivity index (χ3v) is 2.83. The van der Waals surface area contributed by atoms with Crippen LogP contribution in [-0.2, 0) is 4.79 Å². The van der Waals surface area contributed by atoms with E-state index in [1.54, 1.807) is 0 Å². The molecule has 1 aromatic carbocycles. The quantitative estimate of drug-likeness (QED) is 0.358. The van der Waals surface area contributed by atoms with Crippen LogP contribution in [0.5, 0.6) is 0 Å². The lowest BCUT2D eigenvalue weighted by Crippen LogP contribution is -2.34. The molecule has 1 atom stereocenters. The van der Waals surface area contributed by atoms with Gasteiger partial charge in [0.1, 0.15) is 0 Å². The van der Waals surface area contributed by atoms with E-state index in [9.17, 15) is 4.79 Å². The maximum atomic E-state index is 11.6. The number of hydrogen-bond acceptors (Lipinski definition) is 2. The zero-order valence-electron chi connectivity index (χ0n) is 9.37. The van der Waals surface area contributed by atoms with Gasteiger partial charge in [-0.2, -0.15) is 0 Å². The lowest BCUT2D eigenvalue weighted by molar-refractivity contribution is -0.122. The number of hydrogen-bond donors (Lipinski definition) is 2.